The zero-order valence-electron chi connectivity index (χ0n) is 26.7. The summed E-state index contributed by atoms with van der Waals surface area (Å²) in [5.41, 5.74) is 4.03. The summed E-state index contributed by atoms with van der Waals surface area (Å²) in [6.07, 6.45) is 6.10. The van der Waals surface area contributed by atoms with E-state index in [-0.39, 0.29) is 23.4 Å². The summed E-state index contributed by atoms with van der Waals surface area (Å²) in [7, 11) is 0. The molecule has 1 fully saturated rings. The molecule has 0 bridgehead atoms. The van der Waals surface area contributed by atoms with Gasteiger partial charge in [0.1, 0.15) is 17.2 Å². The fourth-order valence-electron chi connectivity index (χ4n) is 6.12. The molecular formula is C40H31Cl2N3O5. The minimum Gasteiger partial charge on any atom is -0.457 e. The average Bonchev–Trinajstić information content (AvgIpc) is 3.54. The highest BCUT2D eigenvalue weighted by Crippen LogP contribution is 2.44. The van der Waals surface area contributed by atoms with E-state index in [4.69, 9.17) is 42.5 Å². The molecule has 5 aromatic rings. The second kappa shape index (κ2) is 15.0. The number of halogens is 2. The van der Waals surface area contributed by atoms with Crippen LogP contribution in [0.5, 0.6) is 23.1 Å². The number of esters is 1. The lowest BCUT2D eigenvalue weighted by Crippen LogP contribution is -2.34. The third-order valence-corrected chi connectivity index (χ3v) is 9.01. The van der Waals surface area contributed by atoms with Gasteiger partial charge in [-0.05, 0) is 109 Å². The molecule has 0 N–H and O–H groups in total. The van der Waals surface area contributed by atoms with Gasteiger partial charge < -0.3 is 14.2 Å². The standard InChI is InChI=1S/C40H31Cl2N3O5/c41-30-14-9-26(10-15-30)23-28-5-4-8-35-38(28)44-45(39(35)27-11-16-31(42)17-12-27)37(46)25-48-40(47)29-13-22-36(43-24-29)50-34-20-18-33(19-21-34)49-32-6-2-1-3-7-32/h1-3,6-7,9-24,35,39H,4-5,8,25H2/b28-23-. The molecule has 1 amide bonds. The molecule has 50 heavy (non-hydrogen) atoms. The van der Waals surface area contributed by atoms with Crippen LogP contribution in [0.2, 0.25) is 10.0 Å². The van der Waals surface area contributed by atoms with E-state index >= 15 is 0 Å². The summed E-state index contributed by atoms with van der Waals surface area (Å²) in [5.74, 6) is 1.10. The molecule has 7 rings (SSSR count). The lowest BCUT2D eigenvalue weighted by molar-refractivity contribution is -0.137. The fraction of sp³-hybridized carbons (Fsp3) is 0.150. The van der Waals surface area contributed by atoms with Crippen LogP contribution < -0.4 is 9.47 Å². The molecule has 1 aliphatic carbocycles. The number of hydrogen-bond acceptors (Lipinski definition) is 7. The number of para-hydroxylation sites is 1. The molecule has 2 atom stereocenters. The predicted octanol–water partition coefficient (Wildman–Crippen LogP) is 9.95. The number of allylic oxidation sites excluding steroid dienone is 1. The van der Waals surface area contributed by atoms with Crippen molar-refractivity contribution in [1.29, 1.82) is 0 Å². The van der Waals surface area contributed by atoms with Gasteiger partial charge in [-0.15, -0.1) is 0 Å². The van der Waals surface area contributed by atoms with Crippen LogP contribution in [-0.4, -0.2) is 34.2 Å². The second-order valence-electron chi connectivity index (χ2n) is 11.9. The summed E-state index contributed by atoms with van der Waals surface area (Å²) >= 11 is 12.3. The van der Waals surface area contributed by atoms with Crippen molar-refractivity contribution in [2.45, 2.75) is 25.3 Å². The Balaban J connectivity index is 1.01. The Morgan fingerprint density at radius 2 is 1.44 bits per heavy atom. The van der Waals surface area contributed by atoms with Gasteiger partial charge in [-0.2, -0.15) is 5.10 Å². The van der Waals surface area contributed by atoms with Crippen LogP contribution in [0.3, 0.4) is 0 Å². The number of carbonyl (C=O) groups excluding carboxylic acids is 2. The zero-order valence-corrected chi connectivity index (χ0v) is 28.3. The Labute approximate surface area is 299 Å². The first kappa shape index (κ1) is 33.1. The van der Waals surface area contributed by atoms with Crippen LogP contribution in [0.1, 0.15) is 46.8 Å². The summed E-state index contributed by atoms with van der Waals surface area (Å²) < 4.78 is 17.1. The Hall–Kier alpha value is -5.44. The molecular weight excluding hydrogens is 673 g/mol. The Bertz CT molecular complexity index is 2030. The maximum atomic E-state index is 13.7. The van der Waals surface area contributed by atoms with Crippen molar-refractivity contribution in [2.75, 3.05) is 6.61 Å². The largest absolute Gasteiger partial charge is 0.457 e. The Kier molecular flexibility index (Phi) is 9.91. The summed E-state index contributed by atoms with van der Waals surface area (Å²) in [6, 6.07) is 34.4. The molecule has 10 heteroatoms. The number of benzene rings is 4. The summed E-state index contributed by atoms with van der Waals surface area (Å²) in [6.45, 7) is -0.488. The van der Waals surface area contributed by atoms with Gasteiger partial charge in [-0.25, -0.2) is 14.8 Å². The van der Waals surface area contributed by atoms with Crippen molar-refractivity contribution in [1.82, 2.24) is 9.99 Å². The number of nitrogens with zero attached hydrogens (tertiary/aromatic N) is 3. The minimum atomic E-state index is -0.685. The number of aromatic nitrogens is 1. The van der Waals surface area contributed by atoms with Crippen molar-refractivity contribution < 1.29 is 23.8 Å². The highest BCUT2D eigenvalue weighted by atomic mass is 35.5. The molecule has 2 unspecified atom stereocenters. The molecule has 4 aromatic carbocycles. The number of carbonyl (C=O) groups is 2. The van der Waals surface area contributed by atoms with Crippen LogP contribution in [0.25, 0.3) is 6.08 Å². The van der Waals surface area contributed by atoms with Crippen LogP contribution in [-0.2, 0) is 9.53 Å². The van der Waals surface area contributed by atoms with E-state index < -0.39 is 18.5 Å². The van der Waals surface area contributed by atoms with Gasteiger partial charge in [0.05, 0.1) is 17.3 Å². The topological polar surface area (TPSA) is 90.3 Å². The van der Waals surface area contributed by atoms with Gasteiger partial charge in [0.25, 0.3) is 5.91 Å². The first-order chi connectivity index (χ1) is 24.4. The molecule has 8 nitrogen and oxygen atoms in total. The molecule has 250 valence electrons. The molecule has 2 heterocycles. The minimum absolute atomic E-state index is 0.0209. The first-order valence-electron chi connectivity index (χ1n) is 16.2. The first-order valence-corrected chi connectivity index (χ1v) is 16.9. The summed E-state index contributed by atoms with van der Waals surface area (Å²) in [4.78, 5) is 30.9. The SMILES string of the molecule is O=C(OCC(=O)N1N=C2/C(=C\c3ccc(Cl)cc3)CCCC2C1c1ccc(Cl)cc1)c1ccc(Oc2ccc(Oc3ccccc3)cc2)nc1. The Morgan fingerprint density at radius 1 is 0.780 bits per heavy atom. The van der Waals surface area contributed by atoms with Crippen molar-refractivity contribution in [3.63, 3.8) is 0 Å². The van der Waals surface area contributed by atoms with Crippen LogP contribution in [0.4, 0.5) is 0 Å². The van der Waals surface area contributed by atoms with Gasteiger partial charge in [0.2, 0.25) is 5.88 Å². The maximum absolute atomic E-state index is 13.7. The number of amides is 1. The third kappa shape index (κ3) is 7.72. The van der Waals surface area contributed by atoms with E-state index in [1.165, 1.54) is 17.3 Å². The lowest BCUT2D eigenvalue weighted by Gasteiger charge is -2.29. The van der Waals surface area contributed by atoms with E-state index in [2.05, 4.69) is 11.1 Å². The van der Waals surface area contributed by atoms with Crippen molar-refractivity contribution in [2.24, 2.45) is 11.0 Å². The van der Waals surface area contributed by atoms with Gasteiger partial charge >= 0.3 is 5.97 Å². The number of ether oxygens (including phenoxy) is 3. The number of rotatable bonds is 9. The zero-order chi connectivity index (χ0) is 34.5. The molecule has 0 spiro atoms. The van der Waals surface area contributed by atoms with Crippen LogP contribution >= 0.6 is 23.2 Å². The van der Waals surface area contributed by atoms with Gasteiger partial charge in [0.15, 0.2) is 6.61 Å². The number of hydrogen-bond donors (Lipinski definition) is 0. The van der Waals surface area contributed by atoms with Gasteiger partial charge in [-0.1, -0.05) is 65.7 Å². The smallest absolute Gasteiger partial charge is 0.340 e. The fourth-order valence-corrected chi connectivity index (χ4v) is 6.37. The quantitative estimate of drug-likeness (QED) is 0.142. The van der Waals surface area contributed by atoms with Gasteiger partial charge in [-0.3, -0.25) is 4.79 Å². The number of pyridine rings is 1. The van der Waals surface area contributed by atoms with Crippen molar-refractivity contribution in [3.05, 3.63) is 154 Å². The van der Waals surface area contributed by atoms with E-state index in [1.54, 1.807) is 42.5 Å². The maximum Gasteiger partial charge on any atom is 0.340 e. The highest BCUT2D eigenvalue weighted by Gasteiger charge is 2.43. The Morgan fingerprint density at radius 3 is 2.12 bits per heavy atom. The number of fused-ring (bicyclic) bond motifs is 1. The van der Waals surface area contributed by atoms with E-state index in [9.17, 15) is 9.59 Å². The highest BCUT2D eigenvalue weighted by molar-refractivity contribution is 6.30. The second-order valence-corrected chi connectivity index (χ2v) is 12.8. The molecule has 0 radical (unpaired) electrons. The summed E-state index contributed by atoms with van der Waals surface area (Å²) in [5, 5.41) is 7.58. The van der Waals surface area contributed by atoms with Gasteiger partial charge in [0, 0.05) is 28.2 Å². The predicted molar refractivity (Wildman–Crippen MR) is 193 cm³/mol. The normalized spacial score (nSPS) is 17.5. The molecule has 0 saturated heterocycles. The average molecular weight is 705 g/mol. The van der Waals surface area contributed by atoms with E-state index in [1.807, 2.05) is 66.7 Å². The molecule has 1 saturated carbocycles. The lowest BCUT2D eigenvalue weighted by atomic mass is 9.77. The van der Waals surface area contributed by atoms with E-state index in [0.717, 1.165) is 47.4 Å². The van der Waals surface area contributed by atoms with Crippen LogP contribution in [0, 0.1) is 5.92 Å². The molecule has 2 aliphatic rings. The van der Waals surface area contributed by atoms with E-state index in [0.29, 0.717) is 21.5 Å². The molecule has 1 aromatic heterocycles. The van der Waals surface area contributed by atoms with Crippen molar-refractivity contribution in [3.8, 4) is 23.1 Å². The monoisotopic (exact) mass is 703 g/mol. The third-order valence-electron chi connectivity index (χ3n) is 8.50. The number of hydrazone groups is 1. The van der Waals surface area contributed by atoms with Crippen LogP contribution in [0.15, 0.2) is 132 Å². The molecule has 1 aliphatic heterocycles. The van der Waals surface area contributed by atoms with Crippen molar-refractivity contribution >= 4 is 46.9 Å².